The molecule has 0 saturated carbocycles. The summed E-state index contributed by atoms with van der Waals surface area (Å²) >= 11 is 0. The van der Waals surface area contributed by atoms with Crippen LogP contribution >= 0.6 is 7.82 Å². The van der Waals surface area contributed by atoms with Crippen LogP contribution in [0.2, 0.25) is 13.1 Å². The highest BCUT2D eigenvalue weighted by Gasteiger charge is 2.27. The molecule has 0 saturated heterocycles. The van der Waals surface area contributed by atoms with Gasteiger partial charge in [-0.2, -0.15) is 0 Å². The fourth-order valence-electron chi connectivity index (χ4n) is 0.484. The monoisotopic (exact) mass is 224 g/mol. The summed E-state index contributed by atoms with van der Waals surface area (Å²) in [6, 6.07) is 0. The van der Waals surface area contributed by atoms with Crippen molar-refractivity contribution >= 4 is 15.9 Å². The van der Waals surface area contributed by atoms with E-state index in [1.807, 2.05) is 5.70 Å². The number of hydrogen-bond acceptors (Lipinski definition) is 4. The topological polar surface area (TPSA) is 44.8 Å². The quantitative estimate of drug-likeness (QED) is 0.513. The molecule has 4 nitrogen and oxygen atoms in total. The van der Waals surface area contributed by atoms with Crippen molar-refractivity contribution in [2.75, 3.05) is 20.4 Å². The fraction of sp³-hybridized carbons (Fsp3) is 0.714. The van der Waals surface area contributed by atoms with Gasteiger partial charge in [-0.05, 0) is 0 Å². The normalized spacial score (nSPS) is 12.9. The molecular weight excluding hydrogens is 207 g/mol. The summed E-state index contributed by atoms with van der Waals surface area (Å²) in [5.74, 6) is 0. The van der Waals surface area contributed by atoms with Crippen LogP contribution in [0.3, 0.4) is 0 Å². The maximum absolute atomic E-state index is 11.4. The molecule has 0 N–H and O–H groups in total. The van der Waals surface area contributed by atoms with E-state index in [-0.39, 0.29) is 0 Å². The van der Waals surface area contributed by atoms with Gasteiger partial charge in [0.2, 0.25) is 0 Å². The Balaban J connectivity index is 4.15. The molecule has 0 fully saturated rings. The van der Waals surface area contributed by atoms with E-state index in [9.17, 15) is 4.57 Å². The second-order valence-corrected chi connectivity index (χ2v) is 9.84. The number of rotatable bonds is 6. The van der Waals surface area contributed by atoms with Crippen molar-refractivity contribution < 1.29 is 18.1 Å². The maximum atomic E-state index is 11.4. The molecular formula is C7H17O4PSi. The van der Waals surface area contributed by atoms with Crippen LogP contribution in [0.25, 0.3) is 0 Å². The zero-order valence-corrected chi connectivity index (χ0v) is 10.5. The minimum absolute atomic E-state index is 0.384. The second-order valence-electron chi connectivity index (χ2n) is 3.28. The molecule has 0 aliphatic rings. The first kappa shape index (κ1) is 13.1. The van der Waals surface area contributed by atoms with Gasteiger partial charge in [-0.15, -0.1) is 6.58 Å². The fourth-order valence-corrected chi connectivity index (χ4v) is 2.93. The third-order valence-electron chi connectivity index (χ3n) is 1.59. The van der Waals surface area contributed by atoms with Gasteiger partial charge in [0.25, 0.3) is 0 Å². The molecule has 0 atom stereocenters. The van der Waals surface area contributed by atoms with E-state index >= 15 is 0 Å². The van der Waals surface area contributed by atoms with Gasteiger partial charge in [-0.3, -0.25) is 13.6 Å². The van der Waals surface area contributed by atoms with Crippen LogP contribution in [-0.2, 0) is 18.1 Å². The van der Waals surface area contributed by atoms with Crippen molar-refractivity contribution in [3.63, 3.8) is 0 Å². The Kier molecular flexibility index (Phi) is 5.10. The zero-order chi connectivity index (χ0) is 10.5. The van der Waals surface area contributed by atoms with Crippen LogP contribution in [0.1, 0.15) is 0 Å². The lowest BCUT2D eigenvalue weighted by Crippen LogP contribution is -2.29. The lowest BCUT2D eigenvalue weighted by molar-refractivity contribution is 0.169. The molecule has 0 aliphatic heterocycles. The third kappa shape index (κ3) is 4.74. The van der Waals surface area contributed by atoms with Gasteiger partial charge in [-0.1, -0.05) is 18.8 Å². The summed E-state index contributed by atoms with van der Waals surface area (Å²) in [5.41, 5.74) is 1.86. The minimum atomic E-state index is -3.30. The van der Waals surface area contributed by atoms with Gasteiger partial charge >= 0.3 is 7.82 Å². The van der Waals surface area contributed by atoms with Crippen molar-refractivity contribution in [2.45, 2.75) is 13.1 Å². The second kappa shape index (κ2) is 5.07. The molecule has 0 aromatic rings. The molecule has 0 spiro atoms. The predicted octanol–water partition coefficient (Wildman–Crippen LogP) is 2.38. The molecule has 13 heavy (non-hydrogen) atoms. The SMILES string of the molecule is C=C[Si](C)(C)COP(=O)(OC)OC. The minimum Gasteiger partial charge on any atom is -0.290 e. The first-order valence-electron chi connectivity index (χ1n) is 3.89. The van der Waals surface area contributed by atoms with Gasteiger partial charge in [0.15, 0.2) is 0 Å². The maximum Gasteiger partial charge on any atom is 0.473 e. The smallest absolute Gasteiger partial charge is 0.290 e. The molecule has 0 bridgehead atoms. The average molecular weight is 224 g/mol. The Morgan fingerprint density at radius 2 is 1.85 bits per heavy atom. The van der Waals surface area contributed by atoms with Crippen LogP contribution < -0.4 is 0 Å². The van der Waals surface area contributed by atoms with E-state index in [2.05, 4.69) is 28.7 Å². The van der Waals surface area contributed by atoms with Crippen molar-refractivity contribution in [2.24, 2.45) is 0 Å². The van der Waals surface area contributed by atoms with E-state index in [0.717, 1.165) is 0 Å². The van der Waals surface area contributed by atoms with E-state index in [1.54, 1.807) is 0 Å². The average Bonchev–Trinajstić information content (AvgIpc) is 2.14. The van der Waals surface area contributed by atoms with E-state index in [0.29, 0.717) is 6.23 Å². The third-order valence-corrected chi connectivity index (χ3v) is 5.17. The molecule has 6 heteroatoms. The molecule has 0 heterocycles. The largest absolute Gasteiger partial charge is 0.473 e. The Morgan fingerprint density at radius 3 is 2.15 bits per heavy atom. The highest BCUT2D eigenvalue weighted by atomic mass is 31.2. The summed E-state index contributed by atoms with van der Waals surface area (Å²) in [6.07, 6.45) is 0.384. The Bertz CT molecular complexity index is 209. The van der Waals surface area contributed by atoms with Crippen LogP contribution in [0.5, 0.6) is 0 Å². The lowest BCUT2D eigenvalue weighted by Gasteiger charge is -2.20. The Morgan fingerprint density at radius 1 is 1.38 bits per heavy atom. The van der Waals surface area contributed by atoms with E-state index in [4.69, 9.17) is 4.52 Å². The predicted molar refractivity (Wildman–Crippen MR) is 55.3 cm³/mol. The zero-order valence-electron chi connectivity index (χ0n) is 8.57. The van der Waals surface area contributed by atoms with Gasteiger partial charge in [0.05, 0.1) is 6.23 Å². The highest BCUT2D eigenvalue weighted by Crippen LogP contribution is 2.47. The molecule has 0 amide bonds. The molecule has 0 radical (unpaired) electrons. The number of phosphoric acid groups is 1. The molecule has 0 unspecified atom stereocenters. The van der Waals surface area contributed by atoms with E-state index in [1.165, 1.54) is 14.2 Å². The standard InChI is InChI=1S/C7H17O4PSi/c1-6-13(4,5)7-11-12(8,9-2)10-3/h6H,1,7H2,2-5H3. The number of hydrogen-bond donors (Lipinski definition) is 0. The molecule has 0 aliphatic carbocycles. The van der Waals surface area contributed by atoms with Gasteiger partial charge < -0.3 is 0 Å². The highest BCUT2D eigenvalue weighted by molar-refractivity contribution is 7.48. The molecule has 0 aromatic carbocycles. The molecule has 0 aromatic heterocycles. The summed E-state index contributed by atoms with van der Waals surface area (Å²) in [4.78, 5) is 0. The van der Waals surface area contributed by atoms with Gasteiger partial charge in [0.1, 0.15) is 8.07 Å². The van der Waals surface area contributed by atoms with Gasteiger partial charge in [-0.25, -0.2) is 4.57 Å². The van der Waals surface area contributed by atoms with Crippen molar-refractivity contribution in [1.82, 2.24) is 0 Å². The summed E-state index contributed by atoms with van der Waals surface area (Å²) in [6.45, 7) is 7.80. The summed E-state index contributed by atoms with van der Waals surface area (Å²) < 4.78 is 25.8. The number of phosphoric ester groups is 1. The van der Waals surface area contributed by atoms with Gasteiger partial charge in [0, 0.05) is 14.2 Å². The van der Waals surface area contributed by atoms with Crippen molar-refractivity contribution in [3.8, 4) is 0 Å². The van der Waals surface area contributed by atoms with Crippen molar-refractivity contribution in [3.05, 3.63) is 12.3 Å². The first-order valence-corrected chi connectivity index (χ1v) is 8.63. The first-order chi connectivity index (χ1) is 5.89. The lowest BCUT2D eigenvalue weighted by atomic mass is 11.3. The Labute approximate surface area is 80.5 Å². The molecule has 78 valence electrons. The Hall–Kier alpha value is 0.0669. The van der Waals surface area contributed by atoms with Crippen molar-refractivity contribution in [1.29, 1.82) is 0 Å². The van der Waals surface area contributed by atoms with Crippen LogP contribution in [0.4, 0.5) is 0 Å². The van der Waals surface area contributed by atoms with Crippen LogP contribution in [0, 0.1) is 0 Å². The van der Waals surface area contributed by atoms with Crippen LogP contribution in [0.15, 0.2) is 12.3 Å². The summed E-state index contributed by atoms with van der Waals surface area (Å²) in [5, 5.41) is 0. The summed E-state index contributed by atoms with van der Waals surface area (Å²) in [7, 11) is -2.32. The van der Waals surface area contributed by atoms with E-state index < -0.39 is 15.9 Å². The molecule has 0 rings (SSSR count). The van der Waals surface area contributed by atoms with Crippen LogP contribution in [-0.4, -0.2) is 28.5 Å².